The van der Waals surface area contributed by atoms with Crippen molar-refractivity contribution in [3.05, 3.63) is 17.0 Å². The summed E-state index contributed by atoms with van der Waals surface area (Å²) in [5.41, 5.74) is 3.21. The molecule has 2 aliphatic rings. The van der Waals surface area contributed by atoms with Crippen molar-refractivity contribution in [3.8, 4) is 0 Å². The number of nitrogens with zero attached hydrogens (tertiary/aromatic N) is 3. The number of aliphatic hydroxyl groups is 1. The van der Waals surface area contributed by atoms with Gasteiger partial charge in [0, 0.05) is 44.3 Å². The van der Waals surface area contributed by atoms with Gasteiger partial charge in [0.2, 0.25) is 5.91 Å². The number of nitrogens with one attached hydrogen (secondary N) is 1. The fraction of sp³-hybridized carbons (Fsp3) is 0.789. The Labute approximate surface area is 150 Å². The number of hydrogen-bond donors (Lipinski definition) is 2. The van der Waals surface area contributed by atoms with Crippen LogP contribution in [0, 0.1) is 25.7 Å². The summed E-state index contributed by atoms with van der Waals surface area (Å²) in [5, 5.41) is 16.9. The standard InChI is InChI=1S/C19H32N4O2/c1-14-18(15(2)21-20-14)6-7-19(25)23-11-16(17(12-23)13-24)10-22-8-4-3-5-9-22/h16-17,24H,3-13H2,1-2H3,(H,20,21). The zero-order valence-corrected chi connectivity index (χ0v) is 15.6. The Balaban J connectivity index is 1.52. The van der Waals surface area contributed by atoms with Crippen LogP contribution < -0.4 is 0 Å². The van der Waals surface area contributed by atoms with Crippen molar-refractivity contribution in [1.82, 2.24) is 20.0 Å². The van der Waals surface area contributed by atoms with E-state index < -0.39 is 0 Å². The highest BCUT2D eigenvalue weighted by atomic mass is 16.3. The molecule has 6 heteroatoms. The van der Waals surface area contributed by atoms with Crippen molar-refractivity contribution < 1.29 is 9.90 Å². The first kappa shape index (κ1) is 18.4. The lowest BCUT2D eigenvalue weighted by Crippen LogP contribution is -2.37. The van der Waals surface area contributed by atoms with Gasteiger partial charge < -0.3 is 14.9 Å². The molecule has 2 saturated heterocycles. The number of likely N-dealkylation sites (tertiary alicyclic amines) is 2. The Morgan fingerprint density at radius 3 is 2.56 bits per heavy atom. The first-order valence-corrected chi connectivity index (χ1v) is 9.70. The van der Waals surface area contributed by atoms with E-state index in [0.29, 0.717) is 18.9 Å². The second-order valence-electron chi connectivity index (χ2n) is 7.78. The molecule has 25 heavy (non-hydrogen) atoms. The lowest BCUT2D eigenvalue weighted by atomic mass is 9.95. The fourth-order valence-corrected chi connectivity index (χ4v) is 4.36. The molecule has 0 radical (unpaired) electrons. The van der Waals surface area contributed by atoms with Gasteiger partial charge >= 0.3 is 0 Å². The van der Waals surface area contributed by atoms with Crippen LogP contribution in [0.5, 0.6) is 0 Å². The van der Waals surface area contributed by atoms with Gasteiger partial charge in [-0.3, -0.25) is 9.89 Å². The number of aryl methyl sites for hydroxylation is 2. The van der Waals surface area contributed by atoms with Gasteiger partial charge in [0.1, 0.15) is 0 Å². The zero-order valence-electron chi connectivity index (χ0n) is 15.6. The minimum Gasteiger partial charge on any atom is -0.396 e. The highest BCUT2D eigenvalue weighted by Gasteiger charge is 2.35. The lowest BCUT2D eigenvalue weighted by molar-refractivity contribution is -0.130. The average molecular weight is 348 g/mol. The summed E-state index contributed by atoms with van der Waals surface area (Å²) >= 11 is 0. The first-order valence-electron chi connectivity index (χ1n) is 9.70. The summed E-state index contributed by atoms with van der Waals surface area (Å²) in [6, 6.07) is 0. The summed E-state index contributed by atoms with van der Waals surface area (Å²) in [5.74, 6) is 0.840. The molecule has 0 aliphatic carbocycles. The maximum Gasteiger partial charge on any atom is 0.222 e. The number of aromatic nitrogens is 2. The van der Waals surface area contributed by atoms with Gasteiger partial charge in [-0.05, 0) is 57.7 Å². The highest BCUT2D eigenvalue weighted by Crippen LogP contribution is 2.26. The van der Waals surface area contributed by atoms with Crippen molar-refractivity contribution >= 4 is 5.91 Å². The van der Waals surface area contributed by atoms with Crippen LogP contribution in [0.3, 0.4) is 0 Å². The van der Waals surface area contributed by atoms with Gasteiger partial charge in [-0.2, -0.15) is 5.10 Å². The highest BCUT2D eigenvalue weighted by molar-refractivity contribution is 5.76. The predicted octanol–water partition coefficient (Wildman–Crippen LogP) is 1.51. The molecule has 140 valence electrons. The minimum absolute atomic E-state index is 0.183. The molecule has 6 nitrogen and oxygen atoms in total. The number of hydrogen-bond acceptors (Lipinski definition) is 4. The molecule has 0 bridgehead atoms. The third kappa shape index (κ3) is 4.42. The molecule has 1 amide bonds. The Morgan fingerprint density at radius 1 is 1.20 bits per heavy atom. The van der Waals surface area contributed by atoms with E-state index in [-0.39, 0.29) is 18.4 Å². The number of aliphatic hydroxyl groups excluding tert-OH is 1. The van der Waals surface area contributed by atoms with E-state index in [2.05, 4.69) is 15.1 Å². The number of rotatable bonds is 6. The maximum absolute atomic E-state index is 12.7. The summed E-state index contributed by atoms with van der Waals surface area (Å²) in [4.78, 5) is 17.2. The second kappa shape index (κ2) is 8.32. The average Bonchev–Trinajstić information content (AvgIpc) is 3.17. The van der Waals surface area contributed by atoms with Gasteiger partial charge in [0.15, 0.2) is 0 Å². The van der Waals surface area contributed by atoms with Crippen molar-refractivity contribution in [1.29, 1.82) is 0 Å². The summed E-state index contributed by atoms with van der Waals surface area (Å²) in [6.45, 7) is 9.03. The molecule has 3 heterocycles. The van der Waals surface area contributed by atoms with Crippen LogP contribution in [0.15, 0.2) is 0 Å². The van der Waals surface area contributed by atoms with Crippen LogP contribution in [-0.2, 0) is 11.2 Å². The number of carbonyl (C=O) groups is 1. The van der Waals surface area contributed by atoms with Crippen molar-refractivity contribution in [2.45, 2.75) is 46.0 Å². The molecule has 1 aromatic heterocycles. The molecule has 2 fully saturated rings. The molecule has 0 saturated carbocycles. The van der Waals surface area contributed by atoms with Gasteiger partial charge in [-0.1, -0.05) is 6.42 Å². The normalized spacial score (nSPS) is 24.8. The largest absolute Gasteiger partial charge is 0.396 e. The summed E-state index contributed by atoms with van der Waals surface area (Å²) in [7, 11) is 0. The molecule has 2 aliphatic heterocycles. The molecule has 2 atom stereocenters. The smallest absolute Gasteiger partial charge is 0.222 e. The maximum atomic E-state index is 12.7. The summed E-state index contributed by atoms with van der Waals surface area (Å²) < 4.78 is 0. The number of piperidine rings is 1. The van der Waals surface area contributed by atoms with Crippen LogP contribution >= 0.6 is 0 Å². The Hall–Kier alpha value is -1.40. The third-order valence-electron chi connectivity index (χ3n) is 5.97. The van der Waals surface area contributed by atoms with Crippen LogP contribution in [0.1, 0.15) is 42.6 Å². The molecule has 2 N–H and O–H groups in total. The van der Waals surface area contributed by atoms with E-state index in [0.717, 1.165) is 36.5 Å². The van der Waals surface area contributed by atoms with E-state index in [4.69, 9.17) is 0 Å². The van der Waals surface area contributed by atoms with E-state index >= 15 is 0 Å². The Bertz CT molecular complexity index is 560. The quantitative estimate of drug-likeness (QED) is 0.817. The number of aromatic amines is 1. The minimum atomic E-state index is 0.183. The first-order chi connectivity index (χ1) is 12.1. The number of carbonyl (C=O) groups excluding carboxylic acids is 1. The number of amides is 1. The molecular formula is C19H32N4O2. The third-order valence-corrected chi connectivity index (χ3v) is 5.97. The molecule has 2 unspecified atom stereocenters. The van der Waals surface area contributed by atoms with Crippen molar-refractivity contribution in [2.24, 2.45) is 11.8 Å². The monoisotopic (exact) mass is 348 g/mol. The van der Waals surface area contributed by atoms with Crippen LogP contribution in [0.4, 0.5) is 0 Å². The molecule has 0 aromatic carbocycles. The summed E-state index contributed by atoms with van der Waals surface area (Å²) in [6.07, 6.45) is 5.16. The van der Waals surface area contributed by atoms with Gasteiger partial charge in [0.25, 0.3) is 0 Å². The van der Waals surface area contributed by atoms with Crippen LogP contribution in [-0.4, -0.2) is 70.3 Å². The SMILES string of the molecule is Cc1n[nH]c(C)c1CCC(=O)N1CC(CO)C(CN2CCCCC2)C1. The van der Waals surface area contributed by atoms with E-state index in [9.17, 15) is 9.90 Å². The molecule has 1 aromatic rings. The van der Waals surface area contributed by atoms with Crippen molar-refractivity contribution in [3.63, 3.8) is 0 Å². The van der Waals surface area contributed by atoms with Crippen LogP contribution in [0.25, 0.3) is 0 Å². The van der Waals surface area contributed by atoms with Gasteiger partial charge in [0.05, 0.1) is 5.69 Å². The topological polar surface area (TPSA) is 72.5 Å². The predicted molar refractivity (Wildman–Crippen MR) is 97.3 cm³/mol. The molecule has 3 rings (SSSR count). The zero-order chi connectivity index (χ0) is 17.8. The van der Waals surface area contributed by atoms with Crippen molar-refractivity contribution in [2.75, 3.05) is 39.3 Å². The molecular weight excluding hydrogens is 316 g/mol. The Kier molecular flexibility index (Phi) is 6.12. The van der Waals surface area contributed by atoms with Gasteiger partial charge in [-0.15, -0.1) is 0 Å². The second-order valence-corrected chi connectivity index (χ2v) is 7.78. The van der Waals surface area contributed by atoms with E-state index in [1.165, 1.54) is 32.4 Å². The van der Waals surface area contributed by atoms with E-state index in [1.54, 1.807) is 0 Å². The lowest BCUT2D eigenvalue weighted by Gasteiger charge is -2.30. The number of H-pyrrole nitrogens is 1. The molecule has 0 spiro atoms. The fourth-order valence-electron chi connectivity index (χ4n) is 4.36. The van der Waals surface area contributed by atoms with Crippen LogP contribution in [0.2, 0.25) is 0 Å². The van der Waals surface area contributed by atoms with E-state index in [1.807, 2.05) is 18.7 Å². The van der Waals surface area contributed by atoms with Gasteiger partial charge in [-0.25, -0.2) is 0 Å². The Morgan fingerprint density at radius 2 is 1.92 bits per heavy atom.